The van der Waals surface area contributed by atoms with E-state index in [1.54, 1.807) is 7.11 Å². The minimum atomic E-state index is -0.0269. The number of rotatable bonds is 5. The molecule has 24 heavy (non-hydrogen) atoms. The Balaban J connectivity index is 1.94. The van der Waals surface area contributed by atoms with E-state index in [0.29, 0.717) is 25.6 Å². The van der Waals surface area contributed by atoms with Gasteiger partial charge in [-0.2, -0.15) is 0 Å². The summed E-state index contributed by atoms with van der Waals surface area (Å²) < 4.78 is 5.05. The average Bonchev–Trinajstić information content (AvgIpc) is 2.54. The van der Waals surface area contributed by atoms with Gasteiger partial charge < -0.3 is 19.9 Å². The normalized spacial score (nSPS) is 16.4. The minimum absolute atomic E-state index is 0.0126. The fourth-order valence-corrected chi connectivity index (χ4v) is 2.73. The van der Waals surface area contributed by atoms with Gasteiger partial charge in [0, 0.05) is 51.0 Å². The smallest absolute Gasteiger partial charge is 0.317 e. The molecule has 1 N–H and O–H groups in total. The molecule has 0 aliphatic carbocycles. The van der Waals surface area contributed by atoms with Crippen LogP contribution in [-0.4, -0.2) is 66.8 Å². The zero-order valence-electron chi connectivity index (χ0n) is 15.4. The van der Waals surface area contributed by atoms with Crippen LogP contribution in [0, 0.1) is 6.92 Å². The highest BCUT2D eigenvalue weighted by atomic mass is 16.5. The first kappa shape index (κ1) is 18.4. The molecule has 1 unspecified atom stereocenters. The third-order valence-corrected chi connectivity index (χ3v) is 4.05. The van der Waals surface area contributed by atoms with E-state index < -0.39 is 0 Å². The molecule has 2 rings (SSSR count). The van der Waals surface area contributed by atoms with Crippen molar-refractivity contribution >= 4 is 11.8 Å². The summed E-state index contributed by atoms with van der Waals surface area (Å²) in [6.07, 6.45) is 0. The van der Waals surface area contributed by atoms with Gasteiger partial charge in [0.05, 0.1) is 12.6 Å². The largest absolute Gasteiger partial charge is 0.383 e. The van der Waals surface area contributed by atoms with Gasteiger partial charge in [-0.25, -0.2) is 14.8 Å². The molecule has 1 aliphatic heterocycles. The minimum Gasteiger partial charge on any atom is -0.383 e. The van der Waals surface area contributed by atoms with Crippen LogP contribution < -0.4 is 10.2 Å². The molecular weight excluding hydrogens is 306 g/mol. The van der Waals surface area contributed by atoms with Crippen molar-refractivity contribution in [1.82, 2.24) is 20.2 Å². The Kier molecular flexibility index (Phi) is 6.36. The van der Waals surface area contributed by atoms with E-state index in [9.17, 15) is 4.79 Å². The molecule has 1 aromatic rings. The number of carbonyl (C=O) groups excluding carboxylic acids is 1. The second-order valence-corrected chi connectivity index (χ2v) is 6.66. The fraction of sp³-hybridized carbons (Fsp3) is 0.706. The number of nitrogens with zero attached hydrogens (tertiary/aromatic N) is 4. The van der Waals surface area contributed by atoms with Crippen molar-refractivity contribution in [3.05, 3.63) is 17.6 Å². The van der Waals surface area contributed by atoms with Gasteiger partial charge in [0.1, 0.15) is 11.6 Å². The fourth-order valence-electron chi connectivity index (χ4n) is 2.73. The quantitative estimate of drug-likeness (QED) is 0.888. The summed E-state index contributed by atoms with van der Waals surface area (Å²) in [5, 5.41) is 2.96. The number of hydrogen-bond donors (Lipinski definition) is 1. The summed E-state index contributed by atoms with van der Waals surface area (Å²) in [6, 6.07) is 2.00. The molecule has 1 atom stereocenters. The highest BCUT2D eigenvalue weighted by Crippen LogP contribution is 2.18. The second kappa shape index (κ2) is 8.28. The standard InChI is InChI=1S/C17H29N5O2/c1-12(2)16-18-13(3)10-15(20-16)21-6-8-22(9-7-21)17(23)19-14(4)11-24-5/h10,12,14H,6-9,11H2,1-5H3,(H,19,23). The third-order valence-electron chi connectivity index (χ3n) is 4.05. The van der Waals surface area contributed by atoms with Crippen LogP contribution in [0.1, 0.15) is 38.2 Å². The van der Waals surface area contributed by atoms with Gasteiger partial charge in [-0.15, -0.1) is 0 Å². The monoisotopic (exact) mass is 335 g/mol. The lowest BCUT2D eigenvalue weighted by Gasteiger charge is -2.36. The maximum absolute atomic E-state index is 12.2. The summed E-state index contributed by atoms with van der Waals surface area (Å²) in [4.78, 5) is 25.5. The number of aryl methyl sites for hydroxylation is 1. The van der Waals surface area contributed by atoms with E-state index in [1.807, 2.05) is 24.8 Å². The molecule has 1 aromatic heterocycles. The SMILES string of the molecule is COCC(C)NC(=O)N1CCN(c2cc(C)nc(C(C)C)n2)CC1. The van der Waals surface area contributed by atoms with Crippen LogP contribution in [0.3, 0.4) is 0 Å². The predicted octanol–water partition coefficient (Wildman–Crippen LogP) is 1.77. The second-order valence-electron chi connectivity index (χ2n) is 6.66. The van der Waals surface area contributed by atoms with Gasteiger partial charge in [0.15, 0.2) is 0 Å². The van der Waals surface area contributed by atoms with Crippen LogP contribution in [0.5, 0.6) is 0 Å². The number of urea groups is 1. The van der Waals surface area contributed by atoms with Crippen LogP contribution in [0.2, 0.25) is 0 Å². The predicted molar refractivity (Wildman–Crippen MR) is 94.5 cm³/mol. The van der Waals surface area contributed by atoms with Gasteiger partial charge in [0.2, 0.25) is 0 Å². The molecule has 0 bridgehead atoms. The molecule has 1 aliphatic rings. The Labute approximate surface area is 144 Å². The molecule has 2 amide bonds. The number of aromatic nitrogens is 2. The lowest BCUT2D eigenvalue weighted by Crippen LogP contribution is -2.53. The van der Waals surface area contributed by atoms with Crippen molar-refractivity contribution in [3.63, 3.8) is 0 Å². The van der Waals surface area contributed by atoms with Gasteiger partial charge in [-0.05, 0) is 13.8 Å². The lowest BCUT2D eigenvalue weighted by atomic mass is 10.2. The Morgan fingerprint density at radius 3 is 2.50 bits per heavy atom. The van der Waals surface area contributed by atoms with Gasteiger partial charge in [-0.1, -0.05) is 13.8 Å². The number of ether oxygens (including phenoxy) is 1. The van der Waals surface area contributed by atoms with Gasteiger partial charge in [-0.3, -0.25) is 0 Å². The van der Waals surface area contributed by atoms with Crippen LogP contribution in [0.15, 0.2) is 6.07 Å². The summed E-state index contributed by atoms with van der Waals surface area (Å²) in [7, 11) is 1.64. The molecular formula is C17H29N5O2. The summed E-state index contributed by atoms with van der Waals surface area (Å²) in [6.45, 7) is 11.6. The van der Waals surface area contributed by atoms with E-state index in [4.69, 9.17) is 4.74 Å². The first-order chi connectivity index (χ1) is 11.4. The number of methoxy groups -OCH3 is 1. The van der Waals surface area contributed by atoms with E-state index in [0.717, 1.165) is 30.4 Å². The molecule has 134 valence electrons. The van der Waals surface area contributed by atoms with E-state index in [2.05, 4.69) is 34.0 Å². The van der Waals surface area contributed by atoms with E-state index >= 15 is 0 Å². The maximum atomic E-state index is 12.2. The molecule has 0 aromatic carbocycles. The zero-order chi connectivity index (χ0) is 17.7. The number of anilines is 1. The van der Waals surface area contributed by atoms with Crippen LogP contribution in [-0.2, 0) is 4.74 Å². The van der Waals surface area contributed by atoms with Crippen molar-refractivity contribution < 1.29 is 9.53 Å². The Hall–Kier alpha value is -1.89. The van der Waals surface area contributed by atoms with Crippen molar-refractivity contribution in [2.75, 3.05) is 44.8 Å². The van der Waals surface area contributed by atoms with Crippen LogP contribution in [0.25, 0.3) is 0 Å². The average molecular weight is 335 g/mol. The summed E-state index contributed by atoms with van der Waals surface area (Å²) >= 11 is 0. The molecule has 1 saturated heterocycles. The van der Waals surface area contributed by atoms with Crippen LogP contribution in [0.4, 0.5) is 10.6 Å². The van der Waals surface area contributed by atoms with E-state index in [1.165, 1.54) is 0 Å². The Morgan fingerprint density at radius 2 is 1.92 bits per heavy atom. The lowest BCUT2D eigenvalue weighted by molar-refractivity contribution is 0.158. The molecule has 0 radical (unpaired) electrons. The highest BCUT2D eigenvalue weighted by molar-refractivity contribution is 5.74. The summed E-state index contributed by atoms with van der Waals surface area (Å²) in [5.74, 6) is 2.13. The summed E-state index contributed by atoms with van der Waals surface area (Å²) in [5.41, 5.74) is 0.984. The number of piperazine rings is 1. The molecule has 1 fully saturated rings. The zero-order valence-corrected chi connectivity index (χ0v) is 15.4. The molecule has 0 saturated carbocycles. The van der Waals surface area contributed by atoms with Crippen molar-refractivity contribution in [3.8, 4) is 0 Å². The number of hydrogen-bond acceptors (Lipinski definition) is 5. The first-order valence-electron chi connectivity index (χ1n) is 8.55. The maximum Gasteiger partial charge on any atom is 0.317 e. The third kappa shape index (κ3) is 4.80. The number of carbonyl (C=O) groups is 1. The van der Waals surface area contributed by atoms with Crippen molar-refractivity contribution in [1.29, 1.82) is 0 Å². The Bertz CT molecular complexity index is 556. The molecule has 2 heterocycles. The number of nitrogens with one attached hydrogen (secondary N) is 1. The molecule has 7 nitrogen and oxygen atoms in total. The molecule has 0 spiro atoms. The van der Waals surface area contributed by atoms with E-state index in [-0.39, 0.29) is 12.1 Å². The number of amides is 2. The van der Waals surface area contributed by atoms with Gasteiger partial charge in [0.25, 0.3) is 0 Å². The van der Waals surface area contributed by atoms with Crippen molar-refractivity contribution in [2.45, 2.75) is 39.7 Å². The first-order valence-corrected chi connectivity index (χ1v) is 8.55. The topological polar surface area (TPSA) is 70.6 Å². The Morgan fingerprint density at radius 1 is 1.25 bits per heavy atom. The van der Waals surface area contributed by atoms with Crippen molar-refractivity contribution in [2.24, 2.45) is 0 Å². The molecule has 7 heteroatoms. The highest BCUT2D eigenvalue weighted by Gasteiger charge is 2.23. The van der Waals surface area contributed by atoms with Crippen LogP contribution >= 0.6 is 0 Å². The van der Waals surface area contributed by atoms with Gasteiger partial charge >= 0.3 is 6.03 Å².